The molecule has 0 unspecified atom stereocenters. The molecule has 3 N–H and O–H groups in total. The topological polar surface area (TPSA) is 83.8 Å². The van der Waals surface area contributed by atoms with Crippen LogP contribution in [0, 0.1) is 0 Å². The highest BCUT2D eigenvalue weighted by Gasteiger charge is 2.24. The van der Waals surface area contributed by atoms with Crippen molar-refractivity contribution in [3.8, 4) is 0 Å². The molecule has 136 valence electrons. The van der Waals surface area contributed by atoms with E-state index in [2.05, 4.69) is 27.7 Å². The molecule has 6 heteroatoms. The molecule has 0 aromatic rings. The van der Waals surface area contributed by atoms with Crippen LogP contribution < -0.4 is 4.80 Å². The first-order chi connectivity index (χ1) is 10.2. The van der Waals surface area contributed by atoms with E-state index >= 15 is 0 Å². The van der Waals surface area contributed by atoms with Crippen molar-refractivity contribution in [1.82, 2.24) is 0 Å². The second-order valence-corrected chi connectivity index (χ2v) is 7.37. The Morgan fingerprint density at radius 1 is 0.636 bits per heavy atom. The molecule has 0 aliphatic heterocycles. The second-order valence-electron chi connectivity index (χ2n) is 6.22. The molecule has 0 bridgehead atoms. The van der Waals surface area contributed by atoms with Crippen LogP contribution >= 0.6 is 0 Å². The summed E-state index contributed by atoms with van der Waals surface area (Å²) in [5.74, 6) is 0. The van der Waals surface area contributed by atoms with Gasteiger partial charge in [-0.1, -0.05) is 53.4 Å². The number of unbranched alkanes of at least 4 members (excludes halogenated alkanes) is 4. The standard InChI is InChI=1S/C16H36N.H3O4Si/c1-5-9-13-17(14-10-6-2,15-11-7-3)16-12-8-4;1-5(2,3)4/h5-16H2,1-4H3;1-3H/q+1;-1. The third kappa shape index (κ3) is 18.1. The third-order valence-corrected chi connectivity index (χ3v) is 3.94. The number of quaternary nitrogens is 1. The molecule has 5 nitrogen and oxygen atoms in total. The average molecular weight is 338 g/mol. The lowest BCUT2D eigenvalue weighted by atomic mass is 10.1. The van der Waals surface area contributed by atoms with Crippen LogP contribution in [0.5, 0.6) is 0 Å². The van der Waals surface area contributed by atoms with E-state index in [1.54, 1.807) is 0 Å². The van der Waals surface area contributed by atoms with Crippen LogP contribution in [0.2, 0.25) is 0 Å². The SMILES string of the molecule is CCCC[N+](CCCC)(CCCC)CCCC.[O-][Si](O)(O)O. The van der Waals surface area contributed by atoms with Crippen LogP contribution in [-0.4, -0.2) is 54.1 Å². The molecule has 0 fully saturated rings. The van der Waals surface area contributed by atoms with E-state index < -0.39 is 9.05 Å². The van der Waals surface area contributed by atoms with Crippen LogP contribution in [0.4, 0.5) is 0 Å². The summed E-state index contributed by atoms with van der Waals surface area (Å²) in [7, 11) is -4.86. The van der Waals surface area contributed by atoms with Gasteiger partial charge in [0, 0.05) is 0 Å². The van der Waals surface area contributed by atoms with Gasteiger partial charge in [0.15, 0.2) is 0 Å². The van der Waals surface area contributed by atoms with Crippen LogP contribution in [0.25, 0.3) is 0 Å². The van der Waals surface area contributed by atoms with Gasteiger partial charge in [0.25, 0.3) is 0 Å². The van der Waals surface area contributed by atoms with Crippen molar-refractivity contribution in [2.45, 2.75) is 79.1 Å². The Bertz CT molecular complexity index is 191. The van der Waals surface area contributed by atoms with Gasteiger partial charge in [-0.25, -0.2) is 0 Å². The van der Waals surface area contributed by atoms with Gasteiger partial charge in [-0.05, 0) is 25.7 Å². The third-order valence-electron chi connectivity index (χ3n) is 3.94. The van der Waals surface area contributed by atoms with Gasteiger partial charge in [0.2, 0.25) is 0 Å². The van der Waals surface area contributed by atoms with E-state index in [0.29, 0.717) is 0 Å². The Labute approximate surface area is 138 Å². The Balaban J connectivity index is 0. The normalized spacial score (nSPS) is 12.0. The summed E-state index contributed by atoms with van der Waals surface area (Å²) in [5.41, 5.74) is 0. The summed E-state index contributed by atoms with van der Waals surface area (Å²) in [4.78, 5) is 30.6. The number of hydrogen-bond donors (Lipinski definition) is 3. The van der Waals surface area contributed by atoms with Crippen molar-refractivity contribution in [3.05, 3.63) is 0 Å². The maximum atomic E-state index is 8.91. The van der Waals surface area contributed by atoms with Crippen LogP contribution in [-0.2, 0) is 0 Å². The average Bonchev–Trinajstić information content (AvgIpc) is 2.44. The van der Waals surface area contributed by atoms with Gasteiger partial charge in [-0.3, -0.25) is 0 Å². The molecule has 22 heavy (non-hydrogen) atoms. The minimum absolute atomic E-state index is 1.35. The molecular weight excluding hydrogens is 298 g/mol. The van der Waals surface area contributed by atoms with Crippen molar-refractivity contribution in [3.63, 3.8) is 0 Å². The molecule has 0 atom stereocenters. The van der Waals surface area contributed by atoms with Gasteiger partial charge >= 0.3 is 9.05 Å². The van der Waals surface area contributed by atoms with Crippen molar-refractivity contribution in [2.24, 2.45) is 0 Å². The van der Waals surface area contributed by atoms with Crippen LogP contribution in [0.3, 0.4) is 0 Å². The maximum Gasteiger partial charge on any atom is 0.404 e. The zero-order valence-electron chi connectivity index (χ0n) is 15.2. The Kier molecular flexibility index (Phi) is 16.1. The number of rotatable bonds is 12. The van der Waals surface area contributed by atoms with E-state index in [-0.39, 0.29) is 0 Å². The summed E-state index contributed by atoms with van der Waals surface area (Å²) < 4.78 is 1.42. The lowest BCUT2D eigenvalue weighted by Crippen LogP contribution is -2.50. The lowest BCUT2D eigenvalue weighted by Gasteiger charge is -2.39. The van der Waals surface area contributed by atoms with Crippen molar-refractivity contribution < 1.29 is 23.7 Å². The molecule has 0 aliphatic carbocycles. The fourth-order valence-electron chi connectivity index (χ4n) is 2.64. The van der Waals surface area contributed by atoms with E-state index in [1.807, 2.05) is 0 Å². The largest absolute Gasteiger partial charge is 0.794 e. The Hall–Kier alpha value is 0.0169. The molecule has 0 heterocycles. The van der Waals surface area contributed by atoms with Crippen molar-refractivity contribution in [1.29, 1.82) is 0 Å². The molecule has 0 saturated carbocycles. The first kappa shape index (κ1) is 24.3. The summed E-state index contributed by atoms with van der Waals surface area (Å²) in [6.07, 6.45) is 11.1. The van der Waals surface area contributed by atoms with Gasteiger partial charge in [0.05, 0.1) is 26.2 Å². The Morgan fingerprint density at radius 2 is 0.818 bits per heavy atom. The van der Waals surface area contributed by atoms with Crippen molar-refractivity contribution in [2.75, 3.05) is 26.2 Å². The fourth-order valence-corrected chi connectivity index (χ4v) is 2.64. The zero-order valence-corrected chi connectivity index (χ0v) is 16.2. The number of hydrogen-bond acceptors (Lipinski definition) is 4. The first-order valence-electron chi connectivity index (χ1n) is 8.97. The monoisotopic (exact) mass is 337 g/mol. The first-order valence-corrected chi connectivity index (χ1v) is 10.7. The highest BCUT2D eigenvalue weighted by molar-refractivity contribution is 6.44. The quantitative estimate of drug-likeness (QED) is 0.374. The lowest BCUT2D eigenvalue weighted by molar-refractivity contribution is -0.929. The molecular formula is C16H39NO4Si. The van der Waals surface area contributed by atoms with Crippen LogP contribution in [0.15, 0.2) is 0 Å². The molecule has 0 radical (unpaired) electrons. The summed E-state index contributed by atoms with van der Waals surface area (Å²) >= 11 is 0. The van der Waals surface area contributed by atoms with Crippen LogP contribution in [0.1, 0.15) is 79.1 Å². The molecule has 0 saturated heterocycles. The fraction of sp³-hybridized carbons (Fsp3) is 1.00. The summed E-state index contributed by atoms with van der Waals surface area (Å²) in [5, 5.41) is 0. The second kappa shape index (κ2) is 14.6. The van der Waals surface area contributed by atoms with Gasteiger partial charge in [-0.2, -0.15) is 0 Å². The summed E-state index contributed by atoms with van der Waals surface area (Å²) in [6, 6.07) is 0. The highest BCUT2D eigenvalue weighted by atomic mass is 28.4. The number of nitrogens with zero attached hydrogens (tertiary/aromatic N) is 1. The van der Waals surface area contributed by atoms with E-state index in [1.165, 1.54) is 82.0 Å². The molecule has 0 aromatic carbocycles. The molecule has 0 spiro atoms. The van der Waals surface area contributed by atoms with Crippen molar-refractivity contribution >= 4 is 9.05 Å². The predicted octanol–water partition coefficient (Wildman–Crippen LogP) is 1.76. The van der Waals surface area contributed by atoms with Gasteiger partial charge in [-0.15, -0.1) is 0 Å². The minimum Gasteiger partial charge on any atom is -0.794 e. The van der Waals surface area contributed by atoms with E-state index in [0.717, 1.165) is 0 Å². The van der Waals surface area contributed by atoms with Gasteiger partial charge < -0.3 is 23.7 Å². The molecule has 0 amide bonds. The molecule has 0 rings (SSSR count). The maximum absolute atomic E-state index is 8.91. The zero-order chi connectivity index (χ0) is 17.5. The summed E-state index contributed by atoms with van der Waals surface area (Å²) in [6.45, 7) is 15.0. The molecule has 0 aromatic heterocycles. The van der Waals surface area contributed by atoms with E-state index in [4.69, 9.17) is 19.2 Å². The smallest absolute Gasteiger partial charge is 0.404 e. The predicted molar refractivity (Wildman–Crippen MR) is 91.8 cm³/mol. The molecule has 0 aliphatic rings. The van der Waals surface area contributed by atoms with Gasteiger partial charge in [0.1, 0.15) is 0 Å². The Morgan fingerprint density at radius 3 is 0.955 bits per heavy atom. The highest BCUT2D eigenvalue weighted by Crippen LogP contribution is 2.16. The minimum atomic E-state index is -4.86. The van der Waals surface area contributed by atoms with E-state index in [9.17, 15) is 0 Å².